The van der Waals surface area contributed by atoms with Crippen molar-refractivity contribution in [3.05, 3.63) is 75.8 Å². The number of amides is 1. The number of anilines is 1. The molecule has 1 unspecified atom stereocenters. The number of benzene rings is 3. The van der Waals surface area contributed by atoms with E-state index in [9.17, 15) is 4.79 Å². The molecule has 0 aliphatic carbocycles. The van der Waals surface area contributed by atoms with Gasteiger partial charge in [-0.1, -0.05) is 52.3 Å². The molecule has 122 valence electrons. The quantitative estimate of drug-likeness (QED) is 0.627. The van der Waals surface area contributed by atoms with Gasteiger partial charge in [-0.25, -0.2) is 0 Å². The first kappa shape index (κ1) is 16.5. The fourth-order valence-corrected chi connectivity index (χ4v) is 3.38. The maximum atomic E-state index is 12.6. The zero-order valence-corrected chi connectivity index (χ0v) is 15.2. The van der Waals surface area contributed by atoms with Gasteiger partial charge in [0.15, 0.2) is 0 Å². The van der Waals surface area contributed by atoms with E-state index in [4.69, 9.17) is 5.73 Å². The van der Waals surface area contributed by atoms with Gasteiger partial charge in [0, 0.05) is 15.7 Å². The van der Waals surface area contributed by atoms with Gasteiger partial charge in [0.25, 0.3) is 5.91 Å². The topological polar surface area (TPSA) is 55.1 Å². The van der Waals surface area contributed by atoms with Crippen LogP contribution in [0.3, 0.4) is 0 Å². The first-order valence-electron chi connectivity index (χ1n) is 7.81. The summed E-state index contributed by atoms with van der Waals surface area (Å²) in [6, 6.07) is 17.5. The Labute approximate surface area is 150 Å². The number of rotatable bonds is 3. The highest BCUT2D eigenvalue weighted by molar-refractivity contribution is 9.10. The van der Waals surface area contributed by atoms with Crippen molar-refractivity contribution in [2.75, 3.05) is 5.73 Å². The molecule has 3 nitrogen and oxygen atoms in total. The van der Waals surface area contributed by atoms with E-state index in [1.807, 2.05) is 44.2 Å². The van der Waals surface area contributed by atoms with Crippen molar-refractivity contribution in [2.45, 2.75) is 19.9 Å². The summed E-state index contributed by atoms with van der Waals surface area (Å²) in [7, 11) is 0. The molecule has 3 rings (SSSR count). The molecular formula is C20H19BrN2O. The highest BCUT2D eigenvalue weighted by Gasteiger charge is 2.16. The lowest BCUT2D eigenvalue weighted by Crippen LogP contribution is -2.27. The van der Waals surface area contributed by atoms with E-state index in [1.165, 1.54) is 0 Å². The predicted molar refractivity (Wildman–Crippen MR) is 103 cm³/mol. The van der Waals surface area contributed by atoms with Crippen LogP contribution in [-0.2, 0) is 0 Å². The van der Waals surface area contributed by atoms with Gasteiger partial charge in [0.1, 0.15) is 0 Å². The third-order valence-corrected chi connectivity index (χ3v) is 4.92. The molecule has 0 aliphatic heterocycles. The maximum absolute atomic E-state index is 12.6. The Kier molecular flexibility index (Phi) is 4.58. The minimum atomic E-state index is -0.115. The fraction of sp³-hybridized carbons (Fsp3) is 0.150. The second-order valence-corrected chi connectivity index (χ2v) is 6.81. The smallest absolute Gasteiger partial charge is 0.252 e. The van der Waals surface area contributed by atoms with Gasteiger partial charge in [-0.05, 0) is 53.9 Å². The van der Waals surface area contributed by atoms with Crippen LogP contribution in [0.1, 0.15) is 34.5 Å². The van der Waals surface area contributed by atoms with Crippen LogP contribution in [-0.4, -0.2) is 5.91 Å². The molecule has 3 aromatic carbocycles. The van der Waals surface area contributed by atoms with Gasteiger partial charge in [-0.3, -0.25) is 4.79 Å². The standard InChI is InChI=1S/C20H19BrN2O/c1-12-7-8-14(22)11-18(12)20(24)23-13(2)15-9-10-19(21)17-6-4-3-5-16(15)17/h3-11,13H,22H2,1-2H3,(H,23,24). The second-order valence-electron chi connectivity index (χ2n) is 5.95. The first-order chi connectivity index (χ1) is 11.5. The lowest BCUT2D eigenvalue weighted by Gasteiger charge is -2.18. The van der Waals surface area contributed by atoms with E-state index < -0.39 is 0 Å². The first-order valence-corrected chi connectivity index (χ1v) is 8.61. The summed E-state index contributed by atoms with van der Waals surface area (Å²) in [5, 5.41) is 5.35. The molecule has 4 heteroatoms. The van der Waals surface area contributed by atoms with E-state index in [1.54, 1.807) is 12.1 Å². The predicted octanol–water partition coefficient (Wildman–Crippen LogP) is 4.98. The summed E-state index contributed by atoms with van der Waals surface area (Å²) in [5.74, 6) is -0.112. The SMILES string of the molecule is Cc1ccc(N)cc1C(=O)NC(C)c1ccc(Br)c2ccccc12. The van der Waals surface area contributed by atoms with Crippen molar-refractivity contribution in [3.8, 4) is 0 Å². The summed E-state index contributed by atoms with van der Waals surface area (Å²) in [4.78, 5) is 12.6. The molecule has 0 radical (unpaired) electrons. The van der Waals surface area contributed by atoms with Gasteiger partial charge >= 0.3 is 0 Å². The number of hydrogen-bond donors (Lipinski definition) is 2. The van der Waals surface area contributed by atoms with Crippen LogP contribution in [0.5, 0.6) is 0 Å². The average molecular weight is 383 g/mol. The molecule has 3 aromatic rings. The molecule has 0 saturated carbocycles. The van der Waals surface area contributed by atoms with Gasteiger partial charge in [-0.2, -0.15) is 0 Å². The Morgan fingerprint density at radius 3 is 2.54 bits per heavy atom. The van der Waals surface area contributed by atoms with Crippen molar-refractivity contribution < 1.29 is 4.79 Å². The van der Waals surface area contributed by atoms with Crippen molar-refractivity contribution in [2.24, 2.45) is 0 Å². The van der Waals surface area contributed by atoms with Crippen molar-refractivity contribution in [1.29, 1.82) is 0 Å². The molecule has 24 heavy (non-hydrogen) atoms. The Morgan fingerprint density at radius 2 is 1.79 bits per heavy atom. The molecule has 1 atom stereocenters. The number of carbonyl (C=O) groups is 1. The third kappa shape index (κ3) is 3.15. The van der Waals surface area contributed by atoms with Crippen molar-refractivity contribution in [1.82, 2.24) is 5.32 Å². The monoisotopic (exact) mass is 382 g/mol. The van der Waals surface area contributed by atoms with Gasteiger partial charge < -0.3 is 11.1 Å². The fourth-order valence-electron chi connectivity index (χ4n) is 2.90. The largest absolute Gasteiger partial charge is 0.399 e. The van der Waals surface area contributed by atoms with Crippen molar-refractivity contribution in [3.63, 3.8) is 0 Å². The summed E-state index contributed by atoms with van der Waals surface area (Å²) < 4.78 is 1.05. The molecule has 1 amide bonds. The lowest BCUT2D eigenvalue weighted by molar-refractivity contribution is 0.0939. The van der Waals surface area contributed by atoms with Gasteiger partial charge in [0.2, 0.25) is 0 Å². The van der Waals surface area contributed by atoms with Crippen LogP contribution in [0.25, 0.3) is 10.8 Å². The van der Waals surface area contributed by atoms with Crippen LogP contribution in [0, 0.1) is 6.92 Å². The summed E-state index contributed by atoms with van der Waals surface area (Å²) in [5.41, 5.74) is 9.02. The van der Waals surface area contributed by atoms with E-state index >= 15 is 0 Å². The molecule has 0 bridgehead atoms. The second kappa shape index (κ2) is 6.65. The Bertz CT molecular complexity index is 921. The molecule has 3 N–H and O–H groups in total. The van der Waals surface area contributed by atoms with Gasteiger partial charge in [0.05, 0.1) is 6.04 Å². The number of nitrogens with one attached hydrogen (secondary N) is 1. The minimum absolute atomic E-state index is 0.112. The highest BCUT2D eigenvalue weighted by atomic mass is 79.9. The third-order valence-electron chi connectivity index (χ3n) is 4.22. The number of nitrogens with two attached hydrogens (primary N) is 1. The summed E-state index contributed by atoms with van der Waals surface area (Å²) in [6.45, 7) is 3.91. The normalized spacial score (nSPS) is 12.1. The Balaban J connectivity index is 1.93. The summed E-state index contributed by atoms with van der Waals surface area (Å²) in [6.07, 6.45) is 0. The highest BCUT2D eigenvalue weighted by Crippen LogP contribution is 2.30. The van der Waals surface area contributed by atoms with E-state index in [2.05, 4.69) is 33.4 Å². The molecular weight excluding hydrogens is 364 g/mol. The lowest BCUT2D eigenvalue weighted by atomic mass is 9.99. The number of carbonyl (C=O) groups excluding carboxylic acids is 1. The van der Waals surface area contributed by atoms with Gasteiger partial charge in [-0.15, -0.1) is 0 Å². The van der Waals surface area contributed by atoms with Crippen LogP contribution in [0.15, 0.2) is 59.1 Å². The molecule has 0 fully saturated rings. The van der Waals surface area contributed by atoms with E-state index in [0.717, 1.165) is 26.4 Å². The maximum Gasteiger partial charge on any atom is 0.252 e. The molecule has 0 saturated heterocycles. The Morgan fingerprint density at radius 1 is 1.08 bits per heavy atom. The molecule has 0 aromatic heterocycles. The zero-order valence-electron chi connectivity index (χ0n) is 13.6. The van der Waals surface area contributed by atoms with Crippen LogP contribution >= 0.6 is 15.9 Å². The Hall–Kier alpha value is -2.33. The number of halogens is 1. The molecule has 0 aliphatic rings. The molecule has 0 heterocycles. The molecule has 0 spiro atoms. The van der Waals surface area contributed by atoms with E-state index in [-0.39, 0.29) is 11.9 Å². The minimum Gasteiger partial charge on any atom is -0.399 e. The van der Waals surface area contributed by atoms with Crippen molar-refractivity contribution >= 4 is 38.3 Å². The van der Waals surface area contributed by atoms with Crippen LogP contribution < -0.4 is 11.1 Å². The number of aryl methyl sites for hydroxylation is 1. The van der Waals surface area contributed by atoms with E-state index in [0.29, 0.717) is 11.3 Å². The number of hydrogen-bond acceptors (Lipinski definition) is 2. The van der Waals surface area contributed by atoms with Crippen LogP contribution in [0.2, 0.25) is 0 Å². The zero-order chi connectivity index (χ0) is 17.3. The number of nitrogen functional groups attached to an aromatic ring is 1. The summed E-state index contributed by atoms with van der Waals surface area (Å²) >= 11 is 3.58. The average Bonchev–Trinajstić information content (AvgIpc) is 2.57. The number of fused-ring (bicyclic) bond motifs is 1. The van der Waals surface area contributed by atoms with Crippen LogP contribution in [0.4, 0.5) is 5.69 Å².